The molecule has 3 rings (SSSR count). The van der Waals surface area contributed by atoms with Crippen LogP contribution in [0.4, 0.5) is 10.1 Å². The molecule has 1 aliphatic rings. The fourth-order valence-corrected chi connectivity index (χ4v) is 2.64. The molecule has 6 heteroatoms. The van der Waals surface area contributed by atoms with E-state index in [1.54, 1.807) is 18.2 Å². The van der Waals surface area contributed by atoms with Gasteiger partial charge < -0.3 is 4.90 Å². The second-order valence-electron chi connectivity index (χ2n) is 4.59. The van der Waals surface area contributed by atoms with Gasteiger partial charge in [0.25, 0.3) is 11.7 Å². The van der Waals surface area contributed by atoms with Gasteiger partial charge in [0, 0.05) is 10.6 Å². The molecule has 0 aliphatic carbocycles. The number of rotatable bonds is 2. The van der Waals surface area contributed by atoms with Crippen LogP contribution in [0.3, 0.4) is 0 Å². The van der Waals surface area contributed by atoms with Gasteiger partial charge in [-0.3, -0.25) is 9.59 Å². The first-order valence-electron chi connectivity index (χ1n) is 6.07. The lowest BCUT2D eigenvalue weighted by Gasteiger charge is -2.17. The van der Waals surface area contributed by atoms with Crippen molar-refractivity contribution in [2.24, 2.45) is 0 Å². The van der Waals surface area contributed by atoms with E-state index in [2.05, 4.69) is 0 Å². The molecule has 0 N–H and O–H groups in total. The Hall–Kier alpha value is -1.91. The molecular formula is C15H8Cl2FNO2. The minimum Gasteiger partial charge on any atom is -0.300 e. The first-order chi connectivity index (χ1) is 9.99. The normalized spacial score (nSPS) is 13.8. The van der Waals surface area contributed by atoms with Crippen LogP contribution in [-0.2, 0) is 11.3 Å². The van der Waals surface area contributed by atoms with Crippen molar-refractivity contribution in [2.75, 3.05) is 4.90 Å². The molecule has 0 fully saturated rings. The topological polar surface area (TPSA) is 37.4 Å². The van der Waals surface area contributed by atoms with E-state index in [9.17, 15) is 14.0 Å². The second kappa shape index (κ2) is 5.13. The summed E-state index contributed by atoms with van der Waals surface area (Å²) in [5, 5.41) is 0.340. The van der Waals surface area contributed by atoms with Crippen LogP contribution in [0, 0.1) is 5.82 Å². The summed E-state index contributed by atoms with van der Waals surface area (Å²) in [6.07, 6.45) is 0. The van der Waals surface area contributed by atoms with Crippen LogP contribution in [0.2, 0.25) is 10.0 Å². The number of hydrogen-bond donors (Lipinski definition) is 0. The highest BCUT2D eigenvalue weighted by Gasteiger charge is 2.36. The molecule has 2 aromatic carbocycles. The number of ketones is 1. The molecular weight excluding hydrogens is 316 g/mol. The average Bonchev–Trinajstić information content (AvgIpc) is 2.69. The molecule has 0 saturated heterocycles. The lowest BCUT2D eigenvalue weighted by atomic mass is 10.1. The third-order valence-corrected chi connectivity index (χ3v) is 3.82. The van der Waals surface area contributed by atoms with Gasteiger partial charge in [0.2, 0.25) is 0 Å². The number of amides is 1. The predicted octanol–water partition coefficient (Wildman–Crippen LogP) is 3.86. The van der Waals surface area contributed by atoms with Gasteiger partial charge >= 0.3 is 0 Å². The first-order valence-corrected chi connectivity index (χ1v) is 6.83. The molecule has 0 radical (unpaired) electrons. The van der Waals surface area contributed by atoms with E-state index < -0.39 is 17.5 Å². The molecule has 0 unspecified atom stereocenters. The predicted molar refractivity (Wildman–Crippen MR) is 78.4 cm³/mol. The van der Waals surface area contributed by atoms with E-state index >= 15 is 0 Å². The first kappa shape index (κ1) is 14.0. The van der Waals surface area contributed by atoms with E-state index in [0.717, 1.165) is 0 Å². The summed E-state index contributed by atoms with van der Waals surface area (Å²) in [6, 6.07) is 9.12. The number of nitrogens with zero attached hydrogens (tertiary/aromatic N) is 1. The van der Waals surface area contributed by atoms with Crippen LogP contribution < -0.4 is 4.90 Å². The van der Waals surface area contributed by atoms with Gasteiger partial charge in [-0.15, -0.1) is 0 Å². The van der Waals surface area contributed by atoms with Gasteiger partial charge in [-0.25, -0.2) is 4.39 Å². The van der Waals surface area contributed by atoms with E-state index in [0.29, 0.717) is 10.7 Å². The van der Waals surface area contributed by atoms with Crippen molar-refractivity contribution in [1.29, 1.82) is 0 Å². The highest BCUT2D eigenvalue weighted by Crippen LogP contribution is 2.33. The van der Waals surface area contributed by atoms with Gasteiger partial charge in [-0.1, -0.05) is 35.3 Å². The molecule has 21 heavy (non-hydrogen) atoms. The van der Waals surface area contributed by atoms with E-state index in [1.165, 1.54) is 23.1 Å². The van der Waals surface area contributed by atoms with Crippen molar-refractivity contribution in [3.63, 3.8) is 0 Å². The third kappa shape index (κ3) is 2.30. The number of anilines is 1. The summed E-state index contributed by atoms with van der Waals surface area (Å²) < 4.78 is 13.9. The van der Waals surface area contributed by atoms with E-state index in [1.807, 2.05) is 0 Å². The van der Waals surface area contributed by atoms with Crippen LogP contribution in [0.25, 0.3) is 0 Å². The Bertz CT molecular complexity index is 776. The lowest BCUT2D eigenvalue weighted by molar-refractivity contribution is -0.114. The molecule has 0 atom stereocenters. The highest BCUT2D eigenvalue weighted by molar-refractivity contribution is 6.52. The van der Waals surface area contributed by atoms with Gasteiger partial charge in [-0.2, -0.15) is 0 Å². The standard InChI is InChI=1S/C15H8Cl2FNO2/c16-9-4-5-12-10(6-9)14(20)15(21)19(12)7-8-2-1-3-11(17)13(8)18/h1-6H,7H2. The molecule has 1 heterocycles. The van der Waals surface area contributed by atoms with Crippen LogP contribution in [-0.4, -0.2) is 11.7 Å². The molecule has 3 nitrogen and oxygen atoms in total. The zero-order valence-electron chi connectivity index (χ0n) is 10.6. The number of benzene rings is 2. The summed E-state index contributed by atoms with van der Waals surface area (Å²) >= 11 is 11.6. The molecule has 0 saturated carbocycles. The quantitative estimate of drug-likeness (QED) is 0.787. The summed E-state index contributed by atoms with van der Waals surface area (Å²) in [5.74, 6) is -1.94. The van der Waals surface area contributed by atoms with Gasteiger partial charge in [0.05, 0.1) is 22.8 Å². The van der Waals surface area contributed by atoms with Crippen LogP contribution in [0.1, 0.15) is 15.9 Å². The molecule has 0 aromatic heterocycles. The Kier molecular flexibility index (Phi) is 3.43. The fourth-order valence-electron chi connectivity index (χ4n) is 2.27. The van der Waals surface area contributed by atoms with Crippen molar-refractivity contribution < 1.29 is 14.0 Å². The smallest absolute Gasteiger partial charge is 0.299 e. The molecule has 1 aliphatic heterocycles. The molecule has 0 bridgehead atoms. The van der Waals surface area contributed by atoms with E-state index in [4.69, 9.17) is 23.2 Å². The molecule has 2 aromatic rings. The van der Waals surface area contributed by atoms with Crippen molar-refractivity contribution >= 4 is 40.6 Å². The largest absolute Gasteiger partial charge is 0.300 e. The van der Waals surface area contributed by atoms with Crippen molar-refractivity contribution in [3.8, 4) is 0 Å². The summed E-state index contributed by atoms with van der Waals surface area (Å²) in [6.45, 7) is -0.0639. The Morgan fingerprint density at radius 2 is 1.86 bits per heavy atom. The molecule has 1 amide bonds. The monoisotopic (exact) mass is 323 g/mol. The molecule has 106 valence electrons. The minimum atomic E-state index is -0.702. The zero-order chi connectivity index (χ0) is 15.1. The van der Waals surface area contributed by atoms with E-state index in [-0.39, 0.29) is 22.7 Å². The maximum atomic E-state index is 13.9. The Morgan fingerprint density at radius 1 is 1.10 bits per heavy atom. The number of halogens is 3. The highest BCUT2D eigenvalue weighted by atomic mass is 35.5. The maximum Gasteiger partial charge on any atom is 0.299 e. The van der Waals surface area contributed by atoms with Gasteiger partial charge in [0.1, 0.15) is 5.82 Å². The third-order valence-electron chi connectivity index (χ3n) is 3.29. The van der Waals surface area contributed by atoms with Crippen molar-refractivity contribution in [3.05, 3.63) is 63.4 Å². The zero-order valence-corrected chi connectivity index (χ0v) is 12.1. The number of carbonyl (C=O) groups is 2. The fraction of sp³-hybridized carbons (Fsp3) is 0.0667. The maximum absolute atomic E-state index is 13.9. The summed E-state index contributed by atoms with van der Waals surface area (Å²) in [7, 11) is 0. The Balaban J connectivity index is 2.03. The molecule has 0 spiro atoms. The summed E-state index contributed by atoms with van der Waals surface area (Å²) in [4.78, 5) is 25.2. The van der Waals surface area contributed by atoms with Crippen molar-refractivity contribution in [2.45, 2.75) is 6.54 Å². The van der Waals surface area contributed by atoms with Crippen LogP contribution in [0.5, 0.6) is 0 Å². The van der Waals surface area contributed by atoms with Crippen molar-refractivity contribution in [1.82, 2.24) is 0 Å². The van der Waals surface area contributed by atoms with Crippen LogP contribution in [0.15, 0.2) is 36.4 Å². The lowest BCUT2D eigenvalue weighted by Crippen LogP contribution is -2.29. The second-order valence-corrected chi connectivity index (χ2v) is 5.44. The number of Topliss-reactive ketones (excluding diaryl/α,β-unsaturated/α-hetero) is 1. The summed E-state index contributed by atoms with van der Waals surface area (Å²) in [5.41, 5.74) is 0.898. The number of hydrogen-bond acceptors (Lipinski definition) is 2. The van der Waals surface area contributed by atoms with Gasteiger partial charge in [0.15, 0.2) is 0 Å². The van der Waals surface area contributed by atoms with Crippen LogP contribution >= 0.6 is 23.2 Å². The average molecular weight is 324 g/mol. The SMILES string of the molecule is O=C1C(=O)N(Cc2cccc(Cl)c2F)c2ccc(Cl)cc21. The Morgan fingerprint density at radius 3 is 2.62 bits per heavy atom. The number of fused-ring (bicyclic) bond motifs is 1. The number of carbonyl (C=O) groups excluding carboxylic acids is 2. The Labute approximate surface area is 129 Å². The minimum absolute atomic E-state index is 0.0261. The van der Waals surface area contributed by atoms with Gasteiger partial charge in [-0.05, 0) is 24.3 Å².